The molecule has 2 aliphatic rings. The number of hydrogen-bond acceptors (Lipinski definition) is 4. The van der Waals surface area contributed by atoms with Crippen molar-refractivity contribution in [3.8, 4) is 45.8 Å². The third kappa shape index (κ3) is 1.40. The van der Waals surface area contributed by atoms with E-state index in [9.17, 15) is 20.4 Å². The molecule has 2 heterocycles. The molecule has 0 aliphatic heterocycles. The second kappa shape index (κ2) is 4.15. The maximum atomic E-state index is 10.5. The van der Waals surface area contributed by atoms with Gasteiger partial charge in [0.2, 0.25) is 23.5 Å². The van der Waals surface area contributed by atoms with Crippen LogP contribution in [-0.4, -0.2) is 29.6 Å². The van der Waals surface area contributed by atoms with E-state index in [2.05, 4.69) is 6.92 Å². The third-order valence-electron chi connectivity index (χ3n) is 5.34. The summed E-state index contributed by atoms with van der Waals surface area (Å²) in [6.45, 7) is 2.21. The van der Waals surface area contributed by atoms with E-state index >= 15 is 0 Å². The summed E-state index contributed by atoms with van der Waals surface area (Å²) in [5, 5.41) is 41.2. The molecule has 0 bridgehead atoms. The predicted molar refractivity (Wildman–Crippen MR) is 81.2 cm³/mol. The highest BCUT2D eigenvalue weighted by atomic mass is 16.3. The van der Waals surface area contributed by atoms with Crippen LogP contribution < -0.4 is 0 Å². The molecule has 0 unspecified atom stereocenters. The molecule has 1 fully saturated rings. The first-order chi connectivity index (χ1) is 10.4. The van der Waals surface area contributed by atoms with E-state index in [1.807, 2.05) is 0 Å². The zero-order chi connectivity index (χ0) is 15.8. The fraction of sp³-hybridized carbons (Fsp3) is 0.500. The van der Waals surface area contributed by atoms with Crippen molar-refractivity contribution in [3.63, 3.8) is 0 Å². The molecule has 4 rings (SSSR count). The first-order valence-electron chi connectivity index (χ1n) is 7.70. The molecule has 2 aromatic heterocycles. The largest absolute Gasteiger partial charge is 0.494 e. The standard InChI is InChI=1S/C16H20N2O4/c1-7-3-5-8(6-4-7)18-15(21)11-9-10(12(11)16(18)22)14(20)17(2)13(9)19/h7-8,19-22H,3-6H2,1-2H3. The molecule has 1 saturated carbocycles. The van der Waals surface area contributed by atoms with Gasteiger partial charge in [-0.2, -0.15) is 0 Å². The minimum absolute atomic E-state index is 0.0135. The number of hydrogen-bond donors (Lipinski definition) is 4. The summed E-state index contributed by atoms with van der Waals surface area (Å²) >= 11 is 0. The van der Waals surface area contributed by atoms with Gasteiger partial charge in [0.05, 0.1) is 22.3 Å². The molecule has 0 aromatic carbocycles. The molecule has 2 aromatic rings. The molecule has 22 heavy (non-hydrogen) atoms. The summed E-state index contributed by atoms with van der Waals surface area (Å²) in [6.07, 6.45) is 3.95. The summed E-state index contributed by atoms with van der Waals surface area (Å²) in [7, 11) is 1.54. The summed E-state index contributed by atoms with van der Waals surface area (Å²) in [5.74, 6) is 0.460. The van der Waals surface area contributed by atoms with Gasteiger partial charge in [-0.3, -0.25) is 9.13 Å². The number of aromatic nitrogens is 2. The molecular weight excluding hydrogens is 284 g/mol. The van der Waals surface area contributed by atoms with Crippen molar-refractivity contribution in [3.05, 3.63) is 0 Å². The van der Waals surface area contributed by atoms with Crippen molar-refractivity contribution in [2.75, 3.05) is 0 Å². The van der Waals surface area contributed by atoms with Crippen LogP contribution in [0.1, 0.15) is 38.6 Å². The molecule has 0 spiro atoms. The Morgan fingerprint density at radius 3 is 1.59 bits per heavy atom. The Morgan fingerprint density at radius 1 is 0.727 bits per heavy atom. The third-order valence-corrected chi connectivity index (χ3v) is 5.34. The van der Waals surface area contributed by atoms with E-state index in [1.54, 1.807) is 4.57 Å². The van der Waals surface area contributed by atoms with Crippen molar-refractivity contribution < 1.29 is 20.4 Å². The van der Waals surface area contributed by atoms with Gasteiger partial charge in [0.1, 0.15) is 0 Å². The Morgan fingerprint density at radius 2 is 1.14 bits per heavy atom. The van der Waals surface area contributed by atoms with Gasteiger partial charge in [0, 0.05) is 13.1 Å². The fourth-order valence-corrected chi connectivity index (χ4v) is 3.96. The van der Waals surface area contributed by atoms with E-state index in [-0.39, 0.29) is 29.6 Å². The zero-order valence-corrected chi connectivity index (χ0v) is 12.7. The molecule has 2 aliphatic carbocycles. The smallest absolute Gasteiger partial charge is 0.203 e. The maximum Gasteiger partial charge on any atom is 0.203 e. The van der Waals surface area contributed by atoms with Crippen LogP contribution in [0.5, 0.6) is 23.5 Å². The van der Waals surface area contributed by atoms with Crippen molar-refractivity contribution in [1.29, 1.82) is 0 Å². The van der Waals surface area contributed by atoms with E-state index in [4.69, 9.17) is 0 Å². The molecule has 118 valence electrons. The Balaban J connectivity index is 1.83. The lowest BCUT2D eigenvalue weighted by atomic mass is 9.86. The van der Waals surface area contributed by atoms with Gasteiger partial charge in [0.25, 0.3) is 0 Å². The van der Waals surface area contributed by atoms with Gasteiger partial charge in [-0.15, -0.1) is 0 Å². The van der Waals surface area contributed by atoms with Gasteiger partial charge in [-0.25, -0.2) is 0 Å². The number of rotatable bonds is 1. The first kappa shape index (κ1) is 13.4. The Labute approximate surface area is 127 Å². The minimum Gasteiger partial charge on any atom is -0.494 e. The topological polar surface area (TPSA) is 90.8 Å². The minimum atomic E-state index is -0.0929. The lowest BCUT2D eigenvalue weighted by Gasteiger charge is -2.28. The Kier molecular flexibility index (Phi) is 2.53. The van der Waals surface area contributed by atoms with Gasteiger partial charge in [0.15, 0.2) is 0 Å². The first-order valence-corrected chi connectivity index (χ1v) is 7.70. The van der Waals surface area contributed by atoms with Crippen molar-refractivity contribution >= 4 is 0 Å². The van der Waals surface area contributed by atoms with E-state index < -0.39 is 0 Å². The van der Waals surface area contributed by atoms with Crippen LogP contribution in [0.25, 0.3) is 22.3 Å². The number of aromatic hydroxyl groups is 4. The quantitative estimate of drug-likeness (QED) is 0.556. The van der Waals surface area contributed by atoms with E-state index in [0.717, 1.165) is 25.7 Å². The SMILES string of the molecule is CC1CCC(n2c(O)c3c(c2O)-c2c-3c(O)n(C)c2O)CC1. The van der Waals surface area contributed by atoms with Gasteiger partial charge >= 0.3 is 0 Å². The molecule has 6 nitrogen and oxygen atoms in total. The average Bonchev–Trinajstić information content (AvgIpc) is 2.76. The lowest BCUT2D eigenvalue weighted by molar-refractivity contribution is 0.250. The molecule has 0 saturated heterocycles. The molecule has 0 atom stereocenters. The Hall–Kier alpha value is -2.24. The molecule has 0 radical (unpaired) electrons. The zero-order valence-electron chi connectivity index (χ0n) is 12.7. The molecule has 0 amide bonds. The van der Waals surface area contributed by atoms with Crippen LogP contribution in [0.3, 0.4) is 0 Å². The summed E-state index contributed by atoms with van der Waals surface area (Å²) in [4.78, 5) is 0. The highest BCUT2D eigenvalue weighted by Gasteiger charge is 2.43. The van der Waals surface area contributed by atoms with E-state index in [1.165, 1.54) is 11.6 Å². The molecular formula is C16H20N2O4. The van der Waals surface area contributed by atoms with E-state index in [0.29, 0.717) is 28.2 Å². The highest BCUT2D eigenvalue weighted by Crippen LogP contribution is 2.65. The Bertz CT molecular complexity index is 728. The van der Waals surface area contributed by atoms with Crippen molar-refractivity contribution in [2.45, 2.75) is 38.6 Å². The van der Waals surface area contributed by atoms with Crippen LogP contribution in [0.15, 0.2) is 0 Å². The number of fused-ring (bicyclic) bond motifs is 4. The normalized spacial score (nSPS) is 23.0. The van der Waals surface area contributed by atoms with Crippen LogP contribution >= 0.6 is 0 Å². The predicted octanol–water partition coefficient (Wildman–Crippen LogP) is 3.05. The second-order valence-corrected chi connectivity index (χ2v) is 6.64. The molecule has 6 heteroatoms. The highest BCUT2D eigenvalue weighted by molar-refractivity contribution is 6.12. The summed E-state index contributed by atoms with van der Waals surface area (Å²) < 4.78 is 2.81. The maximum absolute atomic E-state index is 10.5. The van der Waals surface area contributed by atoms with Crippen LogP contribution in [-0.2, 0) is 7.05 Å². The van der Waals surface area contributed by atoms with Crippen LogP contribution in [0.2, 0.25) is 0 Å². The van der Waals surface area contributed by atoms with Gasteiger partial charge in [-0.1, -0.05) is 6.92 Å². The lowest BCUT2D eigenvalue weighted by Crippen LogP contribution is -2.16. The summed E-state index contributed by atoms with van der Waals surface area (Å²) in [6, 6.07) is 0.0609. The average molecular weight is 304 g/mol. The monoisotopic (exact) mass is 304 g/mol. The van der Waals surface area contributed by atoms with Crippen molar-refractivity contribution in [2.24, 2.45) is 13.0 Å². The van der Waals surface area contributed by atoms with Crippen molar-refractivity contribution in [1.82, 2.24) is 9.13 Å². The second-order valence-electron chi connectivity index (χ2n) is 6.64. The summed E-state index contributed by atoms with van der Waals surface area (Å²) in [5.41, 5.74) is 1.73. The number of nitrogens with zero attached hydrogens (tertiary/aromatic N) is 2. The van der Waals surface area contributed by atoms with Gasteiger partial charge in [-0.05, 0) is 31.6 Å². The fourth-order valence-electron chi connectivity index (χ4n) is 3.96. The molecule has 4 N–H and O–H groups in total. The van der Waals surface area contributed by atoms with Gasteiger partial charge < -0.3 is 20.4 Å². The van der Waals surface area contributed by atoms with Crippen LogP contribution in [0, 0.1) is 5.92 Å². The van der Waals surface area contributed by atoms with Crippen LogP contribution in [0.4, 0.5) is 0 Å².